The highest BCUT2D eigenvalue weighted by Crippen LogP contribution is 2.52. The van der Waals surface area contributed by atoms with Crippen molar-refractivity contribution in [2.75, 3.05) is 0 Å². The van der Waals surface area contributed by atoms with Crippen LogP contribution in [0.15, 0.2) is 28.7 Å². The minimum Gasteiger partial charge on any atom is -0.481 e. The summed E-state index contributed by atoms with van der Waals surface area (Å²) >= 11 is 3.37. The van der Waals surface area contributed by atoms with E-state index in [0.717, 1.165) is 16.5 Å². The predicted molar refractivity (Wildman–Crippen MR) is 66.4 cm³/mol. The SMILES string of the molecule is CC1CC(C(=O)O)(c2ccc(Br)cc2)C1C. The van der Waals surface area contributed by atoms with E-state index in [1.165, 1.54) is 0 Å². The Kier molecular flexibility index (Phi) is 2.82. The zero-order valence-electron chi connectivity index (χ0n) is 9.40. The Morgan fingerprint density at radius 3 is 2.31 bits per heavy atom. The fraction of sp³-hybridized carbons (Fsp3) is 0.462. The van der Waals surface area contributed by atoms with Crippen LogP contribution in [0.25, 0.3) is 0 Å². The number of halogens is 1. The number of carboxylic acid groups (broad SMARTS) is 1. The van der Waals surface area contributed by atoms with Crippen LogP contribution in [0.5, 0.6) is 0 Å². The summed E-state index contributed by atoms with van der Waals surface area (Å²) < 4.78 is 0.983. The average molecular weight is 283 g/mol. The molecule has 2 rings (SSSR count). The van der Waals surface area contributed by atoms with Gasteiger partial charge in [0.1, 0.15) is 0 Å². The predicted octanol–water partition coefficient (Wildman–Crippen LogP) is 3.45. The number of hydrogen-bond acceptors (Lipinski definition) is 1. The minimum atomic E-state index is -0.694. The summed E-state index contributed by atoms with van der Waals surface area (Å²) in [6.45, 7) is 4.15. The number of carboxylic acids is 1. The van der Waals surface area contributed by atoms with Crippen molar-refractivity contribution in [1.29, 1.82) is 0 Å². The zero-order chi connectivity index (χ0) is 11.9. The summed E-state index contributed by atoms with van der Waals surface area (Å²) in [5, 5.41) is 9.48. The van der Waals surface area contributed by atoms with E-state index in [1.54, 1.807) is 0 Å². The molecule has 0 saturated heterocycles. The molecule has 86 valence electrons. The average Bonchev–Trinajstić information content (AvgIpc) is 2.26. The molecule has 0 aromatic heterocycles. The van der Waals surface area contributed by atoms with Crippen molar-refractivity contribution in [1.82, 2.24) is 0 Å². The molecule has 1 aliphatic rings. The maximum atomic E-state index is 11.5. The van der Waals surface area contributed by atoms with Gasteiger partial charge in [-0.1, -0.05) is 41.9 Å². The second-order valence-electron chi connectivity index (χ2n) is 4.75. The highest BCUT2D eigenvalue weighted by Gasteiger charge is 2.55. The number of carbonyl (C=O) groups is 1. The van der Waals surface area contributed by atoms with Crippen LogP contribution < -0.4 is 0 Å². The lowest BCUT2D eigenvalue weighted by molar-refractivity contribution is -0.154. The molecule has 1 aliphatic carbocycles. The van der Waals surface area contributed by atoms with Gasteiger partial charge in [0.05, 0.1) is 5.41 Å². The largest absolute Gasteiger partial charge is 0.481 e. The van der Waals surface area contributed by atoms with Gasteiger partial charge in [0, 0.05) is 4.47 Å². The molecule has 1 aromatic rings. The Hall–Kier alpha value is -0.830. The summed E-state index contributed by atoms with van der Waals surface area (Å²) in [5.41, 5.74) is 0.258. The van der Waals surface area contributed by atoms with E-state index in [2.05, 4.69) is 22.9 Å². The molecule has 3 heteroatoms. The lowest BCUT2D eigenvalue weighted by Gasteiger charge is -2.50. The van der Waals surface area contributed by atoms with Gasteiger partial charge >= 0.3 is 5.97 Å². The van der Waals surface area contributed by atoms with Crippen molar-refractivity contribution < 1.29 is 9.90 Å². The third kappa shape index (κ3) is 1.49. The van der Waals surface area contributed by atoms with Crippen molar-refractivity contribution in [3.63, 3.8) is 0 Å². The van der Waals surface area contributed by atoms with Gasteiger partial charge in [-0.05, 0) is 36.0 Å². The molecule has 1 fully saturated rings. The van der Waals surface area contributed by atoms with Crippen molar-refractivity contribution in [2.45, 2.75) is 25.7 Å². The molecule has 0 radical (unpaired) electrons. The van der Waals surface area contributed by atoms with E-state index < -0.39 is 11.4 Å². The lowest BCUT2D eigenvalue weighted by atomic mass is 9.52. The standard InChI is InChI=1S/C13H15BrO2/c1-8-7-13(9(8)2,12(15)16)10-3-5-11(14)6-4-10/h3-6,8-9H,7H2,1-2H3,(H,15,16). The maximum absolute atomic E-state index is 11.5. The normalized spacial score (nSPS) is 33.2. The molecule has 2 nitrogen and oxygen atoms in total. The fourth-order valence-electron chi connectivity index (χ4n) is 2.73. The second kappa shape index (κ2) is 3.88. The Morgan fingerprint density at radius 2 is 1.94 bits per heavy atom. The Morgan fingerprint density at radius 1 is 1.38 bits per heavy atom. The molecule has 16 heavy (non-hydrogen) atoms. The monoisotopic (exact) mass is 282 g/mol. The van der Waals surface area contributed by atoms with Crippen LogP contribution in [0, 0.1) is 11.8 Å². The summed E-state index contributed by atoms with van der Waals surface area (Å²) in [6.07, 6.45) is 0.741. The van der Waals surface area contributed by atoms with Crippen LogP contribution in [-0.2, 0) is 10.2 Å². The summed E-state index contributed by atoms with van der Waals surface area (Å²) in [6, 6.07) is 7.66. The van der Waals surface area contributed by atoms with Crippen molar-refractivity contribution in [3.05, 3.63) is 34.3 Å². The first-order chi connectivity index (χ1) is 7.48. The Labute approximate surface area is 104 Å². The quantitative estimate of drug-likeness (QED) is 0.902. The number of rotatable bonds is 2. The first-order valence-electron chi connectivity index (χ1n) is 5.48. The molecule has 0 bridgehead atoms. The Bertz CT molecular complexity index is 412. The fourth-order valence-corrected chi connectivity index (χ4v) is 2.99. The van der Waals surface area contributed by atoms with Crippen LogP contribution in [0.2, 0.25) is 0 Å². The highest BCUT2D eigenvalue weighted by atomic mass is 79.9. The minimum absolute atomic E-state index is 0.200. The van der Waals surface area contributed by atoms with Gasteiger partial charge in [-0.2, -0.15) is 0 Å². The van der Waals surface area contributed by atoms with E-state index in [0.29, 0.717) is 5.92 Å². The molecular formula is C13H15BrO2. The maximum Gasteiger partial charge on any atom is 0.314 e. The first kappa shape index (κ1) is 11.6. The third-order valence-corrected chi connectivity index (χ3v) is 4.54. The topological polar surface area (TPSA) is 37.3 Å². The van der Waals surface area contributed by atoms with E-state index in [9.17, 15) is 9.90 Å². The number of aliphatic carboxylic acids is 1. The van der Waals surface area contributed by atoms with Crippen LogP contribution in [-0.4, -0.2) is 11.1 Å². The molecule has 0 heterocycles. The first-order valence-corrected chi connectivity index (χ1v) is 6.27. The highest BCUT2D eigenvalue weighted by molar-refractivity contribution is 9.10. The summed E-state index contributed by atoms with van der Waals surface area (Å²) in [7, 11) is 0. The van der Waals surface area contributed by atoms with Gasteiger partial charge in [-0.15, -0.1) is 0 Å². The third-order valence-electron chi connectivity index (χ3n) is 4.02. The van der Waals surface area contributed by atoms with Crippen LogP contribution in [0.3, 0.4) is 0 Å². The molecule has 0 aliphatic heterocycles. The molecule has 1 aromatic carbocycles. The molecule has 0 spiro atoms. The zero-order valence-corrected chi connectivity index (χ0v) is 11.0. The van der Waals surface area contributed by atoms with Crippen molar-refractivity contribution >= 4 is 21.9 Å². The van der Waals surface area contributed by atoms with Gasteiger partial charge in [-0.25, -0.2) is 0 Å². The number of hydrogen-bond donors (Lipinski definition) is 1. The van der Waals surface area contributed by atoms with Crippen LogP contribution in [0.1, 0.15) is 25.8 Å². The lowest BCUT2D eigenvalue weighted by Crippen LogP contribution is -2.54. The molecule has 3 atom stereocenters. The molecule has 3 unspecified atom stereocenters. The summed E-state index contributed by atoms with van der Waals surface area (Å²) in [5.74, 6) is -0.00801. The van der Waals surface area contributed by atoms with E-state index in [4.69, 9.17) is 0 Å². The van der Waals surface area contributed by atoms with Gasteiger partial charge in [0.25, 0.3) is 0 Å². The smallest absolute Gasteiger partial charge is 0.314 e. The van der Waals surface area contributed by atoms with Gasteiger partial charge in [0.15, 0.2) is 0 Å². The van der Waals surface area contributed by atoms with E-state index in [1.807, 2.05) is 31.2 Å². The molecule has 1 N–H and O–H groups in total. The van der Waals surface area contributed by atoms with Gasteiger partial charge in [-0.3, -0.25) is 4.79 Å². The van der Waals surface area contributed by atoms with Crippen LogP contribution in [0.4, 0.5) is 0 Å². The van der Waals surface area contributed by atoms with Gasteiger partial charge in [0.2, 0.25) is 0 Å². The van der Waals surface area contributed by atoms with Crippen molar-refractivity contribution in [2.24, 2.45) is 11.8 Å². The second-order valence-corrected chi connectivity index (χ2v) is 5.67. The summed E-state index contributed by atoms with van der Waals surface area (Å²) in [4.78, 5) is 11.5. The number of benzene rings is 1. The van der Waals surface area contributed by atoms with E-state index >= 15 is 0 Å². The molecular weight excluding hydrogens is 268 g/mol. The Balaban J connectivity index is 2.42. The van der Waals surface area contributed by atoms with Crippen LogP contribution >= 0.6 is 15.9 Å². The van der Waals surface area contributed by atoms with Gasteiger partial charge < -0.3 is 5.11 Å². The molecule has 0 amide bonds. The van der Waals surface area contributed by atoms with E-state index in [-0.39, 0.29) is 5.92 Å². The van der Waals surface area contributed by atoms with Crippen molar-refractivity contribution in [3.8, 4) is 0 Å². The molecule has 1 saturated carbocycles.